The van der Waals surface area contributed by atoms with E-state index < -0.39 is 0 Å². The van der Waals surface area contributed by atoms with Gasteiger partial charge in [0.05, 0.1) is 12.2 Å². The Balaban J connectivity index is 0.00000280. The maximum atomic E-state index is 4.50. The monoisotopic (exact) mass is 498 g/mol. The van der Waals surface area contributed by atoms with Gasteiger partial charge >= 0.3 is 0 Å². The number of nitrogens with zero attached hydrogens (tertiary/aromatic N) is 7. The van der Waals surface area contributed by atoms with E-state index in [2.05, 4.69) is 61.5 Å². The molecule has 154 valence electrons. The molecule has 1 aliphatic rings. The van der Waals surface area contributed by atoms with E-state index in [4.69, 9.17) is 0 Å². The summed E-state index contributed by atoms with van der Waals surface area (Å²) in [4.78, 5) is 15.8. The molecule has 0 spiro atoms. The van der Waals surface area contributed by atoms with Gasteiger partial charge in [0.15, 0.2) is 5.96 Å². The van der Waals surface area contributed by atoms with Crippen LogP contribution in [0.15, 0.2) is 41.8 Å². The first-order chi connectivity index (χ1) is 13.1. The molecule has 1 fully saturated rings. The van der Waals surface area contributed by atoms with E-state index in [-0.39, 0.29) is 30.0 Å². The minimum absolute atomic E-state index is 0. The van der Waals surface area contributed by atoms with Crippen molar-refractivity contribution in [3.8, 4) is 0 Å². The number of aromatic nitrogens is 3. The summed E-state index contributed by atoms with van der Waals surface area (Å²) in [5.41, 5.74) is 1.20. The van der Waals surface area contributed by atoms with Crippen LogP contribution in [0.4, 0.5) is 5.82 Å². The molecule has 1 atom stereocenters. The molecular weight excluding hydrogens is 467 g/mol. The number of guanidine groups is 1. The third kappa shape index (κ3) is 5.57. The van der Waals surface area contributed by atoms with E-state index >= 15 is 0 Å². The van der Waals surface area contributed by atoms with Crippen LogP contribution in [0, 0.1) is 0 Å². The van der Waals surface area contributed by atoms with E-state index in [9.17, 15) is 0 Å². The van der Waals surface area contributed by atoms with Gasteiger partial charge in [0.2, 0.25) is 0 Å². The average Bonchev–Trinajstić information content (AvgIpc) is 3.12. The Labute approximate surface area is 184 Å². The van der Waals surface area contributed by atoms with Gasteiger partial charge in [-0.2, -0.15) is 5.10 Å². The fourth-order valence-electron chi connectivity index (χ4n) is 3.42. The van der Waals surface area contributed by atoms with Crippen LogP contribution in [0.2, 0.25) is 0 Å². The molecule has 3 rings (SSSR count). The second-order valence-electron chi connectivity index (χ2n) is 7.02. The minimum Gasteiger partial charge on any atom is -0.354 e. The first kappa shape index (κ1) is 22.4. The average molecular weight is 498 g/mol. The lowest BCUT2D eigenvalue weighted by molar-refractivity contribution is 0.292. The molecule has 1 N–H and O–H groups in total. The van der Waals surface area contributed by atoms with Crippen molar-refractivity contribution in [3.63, 3.8) is 0 Å². The van der Waals surface area contributed by atoms with E-state index in [1.165, 1.54) is 5.56 Å². The summed E-state index contributed by atoms with van der Waals surface area (Å²) in [6.07, 6.45) is 5.85. The Kier molecular flexibility index (Phi) is 8.49. The van der Waals surface area contributed by atoms with Crippen molar-refractivity contribution in [2.24, 2.45) is 12.0 Å². The summed E-state index contributed by atoms with van der Waals surface area (Å²) >= 11 is 0. The van der Waals surface area contributed by atoms with Crippen LogP contribution < -0.4 is 10.2 Å². The topological polar surface area (TPSA) is 64.8 Å². The summed E-state index contributed by atoms with van der Waals surface area (Å²) < 4.78 is 1.84. The number of pyridine rings is 1. The summed E-state index contributed by atoms with van der Waals surface area (Å²) in [6, 6.07) is 6.30. The quantitative estimate of drug-likeness (QED) is 0.383. The molecule has 8 nitrogen and oxygen atoms in total. The number of hydrogen-bond acceptors (Lipinski definition) is 5. The van der Waals surface area contributed by atoms with Gasteiger partial charge < -0.3 is 20.0 Å². The van der Waals surface area contributed by atoms with Gasteiger partial charge in [0, 0.05) is 64.8 Å². The molecule has 2 aromatic heterocycles. The minimum atomic E-state index is 0. The molecule has 3 heterocycles. The van der Waals surface area contributed by atoms with Gasteiger partial charge in [-0.1, -0.05) is 6.07 Å². The van der Waals surface area contributed by atoms with Crippen LogP contribution in [0.5, 0.6) is 0 Å². The number of halogens is 1. The largest absolute Gasteiger partial charge is 0.354 e. The van der Waals surface area contributed by atoms with Crippen molar-refractivity contribution in [1.29, 1.82) is 0 Å². The molecule has 0 saturated carbocycles. The Morgan fingerprint density at radius 1 is 1.25 bits per heavy atom. The lowest BCUT2D eigenvalue weighted by Gasteiger charge is -2.37. The molecule has 2 aromatic rings. The lowest BCUT2D eigenvalue weighted by Crippen LogP contribution is -2.53. The zero-order valence-corrected chi connectivity index (χ0v) is 19.4. The van der Waals surface area contributed by atoms with Crippen molar-refractivity contribution in [1.82, 2.24) is 29.9 Å². The highest BCUT2D eigenvalue weighted by atomic mass is 127. The predicted molar refractivity (Wildman–Crippen MR) is 124 cm³/mol. The summed E-state index contributed by atoms with van der Waals surface area (Å²) in [5.74, 6) is 2.00. The van der Waals surface area contributed by atoms with E-state index in [0.29, 0.717) is 0 Å². The van der Waals surface area contributed by atoms with Crippen molar-refractivity contribution in [2.75, 3.05) is 58.8 Å². The molecule has 1 saturated heterocycles. The summed E-state index contributed by atoms with van der Waals surface area (Å²) in [6.45, 7) is 4.52. The molecular formula is C19H31IN8. The number of rotatable bonds is 5. The number of aryl methyl sites for hydroxylation is 1. The van der Waals surface area contributed by atoms with Crippen molar-refractivity contribution >= 4 is 35.8 Å². The molecule has 0 radical (unpaired) electrons. The zero-order valence-electron chi connectivity index (χ0n) is 17.1. The highest BCUT2D eigenvalue weighted by Crippen LogP contribution is 2.17. The third-order valence-corrected chi connectivity index (χ3v) is 4.95. The highest BCUT2D eigenvalue weighted by molar-refractivity contribution is 14.0. The van der Waals surface area contributed by atoms with Gasteiger partial charge in [-0.25, -0.2) is 4.98 Å². The fourth-order valence-corrected chi connectivity index (χ4v) is 3.42. The SMILES string of the molecule is CN=C(NCC(c1cnn(C)c1)N(C)C)N1CCN(c2ccccn2)CC1.I. The van der Waals surface area contributed by atoms with Crippen LogP contribution in [0.25, 0.3) is 0 Å². The molecule has 9 heteroatoms. The van der Waals surface area contributed by atoms with Crippen LogP contribution in [0.1, 0.15) is 11.6 Å². The van der Waals surface area contributed by atoms with Crippen LogP contribution in [0.3, 0.4) is 0 Å². The van der Waals surface area contributed by atoms with Gasteiger partial charge in [-0.15, -0.1) is 24.0 Å². The molecule has 1 unspecified atom stereocenters. The van der Waals surface area contributed by atoms with Crippen molar-refractivity contribution < 1.29 is 0 Å². The zero-order chi connectivity index (χ0) is 19.2. The van der Waals surface area contributed by atoms with Crippen LogP contribution >= 0.6 is 24.0 Å². The number of aliphatic imine (C=N–C) groups is 1. The standard InChI is InChI=1S/C19H30N8.HI/c1-20-19(22-14-17(24(2)3)16-13-23-25(4)15-16)27-11-9-26(10-12-27)18-7-5-6-8-21-18;/h5-8,13,15,17H,9-12,14H2,1-4H3,(H,20,22);1H. The molecule has 0 bridgehead atoms. The Morgan fingerprint density at radius 2 is 2.00 bits per heavy atom. The number of piperazine rings is 1. The molecule has 0 aliphatic carbocycles. The summed E-state index contributed by atoms with van der Waals surface area (Å²) in [7, 11) is 7.98. The number of anilines is 1. The first-order valence-corrected chi connectivity index (χ1v) is 9.35. The molecule has 0 amide bonds. The molecule has 28 heavy (non-hydrogen) atoms. The van der Waals surface area contributed by atoms with Crippen LogP contribution in [-0.4, -0.2) is 84.4 Å². The second kappa shape index (κ2) is 10.6. The fraction of sp³-hybridized carbons (Fsp3) is 0.526. The highest BCUT2D eigenvalue weighted by Gasteiger charge is 2.22. The Bertz CT molecular complexity index is 737. The number of likely N-dealkylation sites (N-methyl/N-ethyl adjacent to an activating group) is 1. The predicted octanol–water partition coefficient (Wildman–Crippen LogP) is 1.43. The van der Waals surface area contributed by atoms with E-state index in [1.54, 1.807) is 0 Å². The normalized spacial score (nSPS) is 16.1. The number of nitrogens with one attached hydrogen (secondary N) is 1. The molecule has 1 aliphatic heterocycles. The second-order valence-corrected chi connectivity index (χ2v) is 7.02. The lowest BCUT2D eigenvalue weighted by atomic mass is 10.1. The maximum Gasteiger partial charge on any atom is 0.193 e. The smallest absolute Gasteiger partial charge is 0.193 e. The van der Waals surface area contributed by atoms with Gasteiger partial charge in [-0.05, 0) is 26.2 Å². The maximum absolute atomic E-state index is 4.50. The van der Waals surface area contributed by atoms with Crippen molar-refractivity contribution in [3.05, 3.63) is 42.4 Å². The van der Waals surface area contributed by atoms with Gasteiger partial charge in [0.1, 0.15) is 5.82 Å². The molecule has 0 aromatic carbocycles. The summed E-state index contributed by atoms with van der Waals surface area (Å²) in [5, 5.41) is 7.85. The third-order valence-electron chi connectivity index (χ3n) is 4.95. The van der Waals surface area contributed by atoms with Crippen molar-refractivity contribution in [2.45, 2.75) is 6.04 Å². The van der Waals surface area contributed by atoms with Crippen LogP contribution in [-0.2, 0) is 7.05 Å². The number of hydrogen-bond donors (Lipinski definition) is 1. The van der Waals surface area contributed by atoms with E-state index in [0.717, 1.165) is 44.5 Å². The van der Waals surface area contributed by atoms with E-state index in [1.807, 2.05) is 43.3 Å². The van der Waals surface area contributed by atoms with Gasteiger partial charge in [0.25, 0.3) is 0 Å². The van der Waals surface area contributed by atoms with Gasteiger partial charge in [-0.3, -0.25) is 9.67 Å². The Hall–Kier alpha value is -1.88. The Morgan fingerprint density at radius 3 is 2.54 bits per heavy atom. The first-order valence-electron chi connectivity index (χ1n) is 9.35.